The Labute approximate surface area is 181 Å². The fourth-order valence-electron chi connectivity index (χ4n) is 2.90. The molecule has 0 aliphatic heterocycles. The van der Waals surface area contributed by atoms with Crippen molar-refractivity contribution < 1.29 is 19.0 Å². The minimum absolute atomic E-state index is 0.0920. The zero-order valence-corrected chi connectivity index (χ0v) is 17.8. The number of amides is 1. The molecule has 0 aromatic heterocycles. The highest BCUT2D eigenvalue weighted by Crippen LogP contribution is 2.30. The normalized spacial score (nSPS) is 14.6. The summed E-state index contributed by atoms with van der Waals surface area (Å²) in [6.45, 7) is 4.89. The van der Waals surface area contributed by atoms with Gasteiger partial charge in [0.1, 0.15) is 12.3 Å². The standard InChI is InChI=1S/C23H29FN4O3/c1-3-25-23(26-13-22(30)28-18-7-9-19(29)10-8-18)27-15(2)17-6-11-21(20(24)12-17)31-14-16-4-5-16/h6-12,15-16,29H,3-5,13-14H2,1-2H3,(H,28,30)(H2,25,26,27). The van der Waals surface area contributed by atoms with Gasteiger partial charge in [0.05, 0.1) is 12.6 Å². The monoisotopic (exact) mass is 428 g/mol. The Balaban J connectivity index is 1.56. The van der Waals surface area contributed by atoms with E-state index in [4.69, 9.17) is 4.74 Å². The van der Waals surface area contributed by atoms with Crippen LogP contribution in [0.4, 0.5) is 10.1 Å². The molecule has 4 N–H and O–H groups in total. The molecule has 1 atom stereocenters. The van der Waals surface area contributed by atoms with Crippen LogP contribution in [-0.4, -0.2) is 36.7 Å². The van der Waals surface area contributed by atoms with Gasteiger partial charge in [-0.1, -0.05) is 6.07 Å². The Morgan fingerprint density at radius 1 is 1.26 bits per heavy atom. The number of ether oxygens (including phenoxy) is 1. The summed E-state index contributed by atoms with van der Waals surface area (Å²) in [5.41, 5.74) is 1.32. The maximum Gasteiger partial charge on any atom is 0.246 e. The molecule has 1 amide bonds. The number of nitrogens with zero attached hydrogens (tertiary/aromatic N) is 1. The molecule has 1 aliphatic rings. The van der Waals surface area contributed by atoms with E-state index in [9.17, 15) is 14.3 Å². The summed E-state index contributed by atoms with van der Waals surface area (Å²) in [5.74, 6) is 0.729. The SMILES string of the molecule is CCNC(=NCC(=O)Nc1ccc(O)cc1)NC(C)c1ccc(OCC2CC2)c(F)c1. The first-order valence-electron chi connectivity index (χ1n) is 10.5. The second-order valence-electron chi connectivity index (χ2n) is 7.60. The third-order valence-electron chi connectivity index (χ3n) is 4.86. The van der Waals surface area contributed by atoms with Gasteiger partial charge in [-0.25, -0.2) is 9.38 Å². The molecule has 0 saturated heterocycles. The Bertz CT molecular complexity index is 914. The molecule has 0 heterocycles. The van der Waals surface area contributed by atoms with E-state index < -0.39 is 0 Å². The predicted molar refractivity (Wildman–Crippen MR) is 119 cm³/mol. The lowest BCUT2D eigenvalue weighted by Gasteiger charge is -2.19. The van der Waals surface area contributed by atoms with E-state index in [0.29, 0.717) is 30.7 Å². The van der Waals surface area contributed by atoms with Crippen LogP contribution in [0.5, 0.6) is 11.5 Å². The zero-order chi connectivity index (χ0) is 22.2. The van der Waals surface area contributed by atoms with Crippen LogP contribution in [0.1, 0.15) is 38.3 Å². The molecule has 1 saturated carbocycles. The summed E-state index contributed by atoms with van der Waals surface area (Å²) in [7, 11) is 0. The molecule has 3 rings (SSSR count). The Hall–Kier alpha value is -3.29. The van der Waals surface area contributed by atoms with Crippen molar-refractivity contribution in [2.45, 2.75) is 32.7 Å². The first-order valence-corrected chi connectivity index (χ1v) is 10.5. The van der Waals surface area contributed by atoms with Crippen LogP contribution in [-0.2, 0) is 4.79 Å². The molecule has 7 nitrogen and oxygen atoms in total. The van der Waals surface area contributed by atoms with Gasteiger partial charge in [0.25, 0.3) is 0 Å². The highest BCUT2D eigenvalue weighted by Gasteiger charge is 2.22. The predicted octanol–water partition coefficient (Wildman–Crippen LogP) is 3.57. The van der Waals surface area contributed by atoms with Gasteiger partial charge < -0.3 is 25.8 Å². The molecule has 2 aromatic rings. The van der Waals surface area contributed by atoms with Gasteiger partial charge in [-0.2, -0.15) is 0 Å². The number of aliphatic imine (C=N–C) groups is 1. The highest BCUT2D eigenvalue weighted by atomic mass is 19.1. The van der Waals surface area contributed by atoms with E-state index in [0.717, 1.165) is 18.4 Å². The van der Waals surface area contributed by atoms with E-state index in [-0.39, 0.29) is 35.8 Å². The molecule has 166 valence electrons. The number of carbonyl (C=O) groups excluding carboxylic acids is 1. The minimum Gasteiger partial charge on any atom is -0.508 e. The molecule has 0 bridgehead atoms. The first kappa shape index (κ1) is 22.4. The summed E-state index contributed by atoms with van der Waals surface area (Å²) in [5, 5.41) is 18.3. The maximum atomic E-state index is 14.4. The van der Waals surface area contributed by atoms with Crippen LogP contribution in [0.15, 0.2) is 47.5 Å². The van der Waals surface area contributed by atoms with Crippen molar-refractivity contribution in [3.05, 3.63) is 53.8 Å². The number of hydrogen-bond acceptors (Lipinski definition) is 4. The average Bonchev–Trinajstić information content (AvgIpc) is 3.57. The molecule has 2 aromatic carbocycles. The summed E-state index contributed by atoms with van der Waals surface area (Å²) in [6, 6.07) is 10.9. The fourth-order valence-corrected chi connectivity index (χ4v) is 2.90. The number of hydrogen-bond donors (Lipinski definition) is 4. The van der Waals surface area contributed by atoms with Crippen molar-refractivity contribution in [1.29, 1.82) is 0 Å². The van der Waals surface area contributed by atoms with Gasteiger partial charge in [-0.05, 0) is 74.6 Å². The van der Waals surface area contributed by atoms with Crippen molar-refractivity contribution in [3.8, 4) is 11.5 Å². The number of nitrogens with one attached hydrogen (secondary N) is 3. The second kappa shape index (κ2) is 10.7. The molecule has 0 radical (unpaired) electrons. The van der Waals surface area contributed by atoms with Gasteiger partial charge in [-0.15, -0.1) is 0 Å². The number of aromatic hydroxyl groups is 1. The lowest BCUT2D eigenvalue weighted by molar-refractivity contribution is -0.114. The summed E-state index contributed by atoms with van der Waals surface area (Å²) < 4.78 is 19.9. The summed E-state index contributed by atoms with van der Waals surface area (Å²) >= 11 is 0. The molecular formula is C23H29FN4O3. The maximum absolute atomic E-state index is 14.4. The second-order valence-corrected chi connectivity index (χ2v) is 7.60. The largest absolute Gasteiger partial charge is 0.508 e. The van der Waals surface area contributed by atoms with Crippen LogP contribution in [0.25, 0.3) is 0 Å². The Morgan fingerprint density at radius 2 is 2.00 bits per heavy atom. The number of rotatable bonds is 9. The third kappa shape index (κ3) is 7.16. The van der Waals surface area contributed by atoms with Crippen molar-refractivity contribution in [3.63, 3.8) is 0 Å². The number of carbonyl (C=O) groups is 1. The van der Waals surface area contributed by atoms with E-state index in [2.05, 4.69) is 20.9 Å². The quantitative estimate of drug-likeness (QED) is 0.278. The lowest BCUT2D eigenvalue weighted by atomic mass is 10.1. The van der Waals surface area contributed by atoms with Crippen LogP contribution in [0.3, 0.4) is 0 Å². The molecule has 1 unspecified atom stereocenters. The van der Waals surface area contributed by atoms with Gasteiger partial charge >= 0.3 is 0 Å². The van der Waals surface area contributed by atoms with Gasteiger partial charge in [0, 0.05) is 12.2 Å². The third-order valence-corrected chi connectivity index (χ3v) is 4.86. The van der Waals surface area contributed by atoms with Gasteiger partial charge in [-0.3, -0.25) is 4.79 Å². The smallest absolute Gasteiger partial charge is 0.246 e. The molecule has 31 heavy (non-hydrogen) atoms. The van der Waals surface area contributed by atoms with Gasteiger partial charge in [0.15, 0.2) is 17.5 Å². The summed E-state index contributed by atoms with van der Waals surface area (Å²) in [4.78, 5) is 16.5. The fraction of sp³-hybridized carbons (Fsp3) is 0.391. The average molecular weight is 429 g/mol. The van der Waals surface area contributed by atoms with Crippen LogP contribution in [0, 0.1) is 11.7 Å². The van der Waals surface area contributed by atoms with Crippen LogP contribution < -0.4 is 20.7 Å². The number of phenolic OH excluding ortho intramolecular Hbond substituents is 1. The number of guanidine groups is 1. The van der Waals surface area contributed by atoms with E-state index in [1.165, 1.54) is 18.2 Å². The van der Waals surface area contributed by atoms with Crippen LogP contribution in [0.2, 0.25) is 0 Å². The first-order chi connectivity index (χ1) is 14.9. The molecule has 8 heteroatoms. The number of phenols is 1. The lowest BCUT2D eigenvalue weighted by Crippen LogP contribution is -2.39. The Morgan fingerprint density at radius 3 is 2.65 bits per heavy atom. The van der Waals surface area contributed by atoms with Gasteiger partial charge in [0.2, 0.25) is 5.91 Å². The van der Waals surface area contributed by atoms with E-state index in [1.807, 2.05) is 19.9 Å². The van der Waals surface area contributed by atoms with Crippen molar-refractivity contribution in [2.75, 3.05) is 25.0 Å². The number of anilines is 1. The number of halogens is 1. The van der Waals surface area contributed by atoms with E-state index >= 15 is 0 Å². The minimum atomic E-state index is -0.387. The van der Waals surface area contributed by atoms with Crippen molar-refractivity contribution >= 4 is 17.6 Å². The molecule has 1 fully saturated rings. The zero-order valence-electron chi connectivity index (χ0n) is 17.8. The topological polar surface area (TPSA) is 95.0 Å². The Kier molecular flexibility index (Phi) is 7.70. The highest BCUT2D eigenvalue weighted by molar-refractivity contribution is 5.94. The van der Waals surface area contributed by atoms with Crippen molar-refractivity contribution in [2.24, 2.45) is 10.9 Å². The van der Waals surface area contributed by atoms with E-state index in [1.54, 1.807) is 18.2 Å². The molecule has 1 aliphatic carbocycles. The number of benzene rings is 2. The van der Waals surface area contributed by atoms with Crippen molar-refractivity contribution in [1.82, 2.24) is 10.6 Å². The van der Waals surface area contributed by atoms with Crippen LogP contribution >= 0.6 is 0 Å². The molecule has 0 spiro atoms. The molecular weight excluding hydrogens is 399 g/mol. The summed E-state index contributed by atoms with van der Waals surface area (Å²) in [6.07, 6.45) is 2.31.